The molecule has 0 saturated heterocycles. The smallest absolute Gasteiger partial charge is 0.112 e. The fourth-order valence-electron chi connectivity index (χ4n) is 0. The molecule has 0 bridgehead atoms. The topological polar surface area (TPSA) is 250 Å². The van der Waals surface area contributed by atoms with Crippen molar-refractivity contribution in [3.8, 4) is 0 Å². The van der Waals surface area contributed by atoms with Gasteiger partial charge in [0.15, 0.2) is 0 Å². The molecule has 0 aliphatic heterocycles. The molecule has 9 nitrogen and oxygen atoms in total. The zero-order valence-electron chi connectivity index (χ0n) is 4.51. The Bertz CT molecular complexity index is 20.2. The van der Waals surface area contributed by atoms with Gasteiger partial charge in [0.2, 0.25) is 0 Å². The Morgan fingerprint density at radius 1 is 0.500 bits per heavy atom. The molecule has 0 saturated carbocycles. The molecule has 72 valence electrons. The van der Waals surface area contributed by atoms with Crippen molar-refractivity contribution < 1.29 is 56.3 Å². The van der Waals surface area contributed by atoms with Gasteiger partial charge >= 0.3 is 0 Å². The molecule has 0 radical (unpaired) electrons. The van der Waals surface area contributed by atoms with Gasteiger partial charge in [-0.1, -0.05) is 0 Å². The van der Waals surface area contributed by atoms with Gasteiger partial charge in [-0.3, -0.25) is 0 Å². The normalized spacial score (nSPS) is 6.00. The third-order valence-corrected chi connectivity index (χ3v) is 0. The fraction of sp³-hybridized carbons (Fsp3) is 0. The lowest BCUT2D eigenvalue weighted by atomic mass is 15.8. The first-order valence-electron chi connectivity index (χ1n) is 0.617. The minimum absolute atomic E-state index is 0. The van der Waals surface area contributed by atoms with E-state index in [1.807, 2.05) is 0 Å². The van der Waals surface area contributed by atoms with E-state index in [0.29, 0.717) is 0 Å². The molecule has 0 amide bonds. The Balaban J connectivity index is -0.00000000800. The second-order valence-corrected chi connectivity index (χ2v) is 1.13. The standard InChI is InChI=1S/ClHO4.5H2O/c2-1(3,4)5;;;;;/h(H,2,3,4,5);5*1H2/p-1. The average Bonchev–Trinajstić information content (AvgIpc) is 0.722. The van der Waals surface area contributed by atoms with Crippen molar-refractivity contribution in [3.05, 3.63) is 0 Å². The van der Waals surface area contributed by atoms with Crippen LogP contribution < -0.4 is 18.6 Å². The van der Waals surface area contributed by atoms with Gasteiger partial charge in [-0.15, -0.1) is 10.2 Å². The Hall–Kier alpha value is -0.0700. The van der Waals surface area contributed by atoms with Crippen molar-refractivity contribution in [2.24, 2.45) is 0 Å². The molecule has 0 aromatic rings. The van der Waals surface area contributed by atoms with Crippen LogP contribution in [0.3, 0.4) is 0 Å². The zero-order chi connectivity index (χ0) is 4.50. The summed E-state index contributed by atoms with van der Waals surface area (Å²) in [6.45, 7) is 0. The molecule has 10 N–H and O–H groups in total. The van der Waals surface area contributed by atoms with E-state index in [1.165, 1.54) is 0 Å². The molecule has 0 atom stereocenters. The van der Waals surface area contributed by atoms with Gasteiger partial charge in [0, 0.05) is 0 Å². The maximum atomic E-state index is 8.49. The molecule has 0 heterocycles. The van der Waals surface area contributed by atoms with Crippen LogP contribution in [0, 0.1) is 10.2 Å². The summed E-state index contributed by atoms with van der Waals surface area (Å²) < 4.78 is 34.0. The minimum atomic E-state index is -4.94. The monoisotopic (exact) mass is 189 g/mol. The molecule has 0 aromatic heterocycles. The van der Waals surface area contributed by atoms with Gasteiger partial charge in [0.1, 0.15) is 0 Å². The van der Waals surface area contributed by atoms with E-state index >= 15 is 0 Å². The lowest BCUT2D eigenvalue weighted by molar-refractivity contribution is -2.00. The Morgan fingerprint density at radius 2 is 0.500 bits per heavy atom. The van der Waals surface area contributed by atoms with Crippen LogP contribution in [-0.4, -0.2) is 27.4 Å². The maximum absolute atomic E-state index is 8.49. The molecule has 0 rings (SSSR count). The second-order valence-electron chi connectivity index (χ2n) is 0.378. The number of halogens is 1. The molecule has 0 spiro atoms. The fourth-order valence-corrected chi connectivity index (χ4v) is 0. The van der Waals surface area contributed by atoms with Crippen molar-refractivity contribution >= 4 is 0 Å². The molecule has 0 aromatic carbocycles. The van der Waals surface area contributed by atoms with Crippen molar-refractivity contribution in [2.75, 3.05) is 0 Å². The van der Waals surface area contributed by atoms with Gasteiger partial charge in [-0.25, -0.2) is 18.6 Å². The summed E-state index contributed by atoms with van der Waals surface area (Å²) in [5.41, 5.74) is 0. The van der Waals surface area contributed by atoms with Crippen LogP contribution in [-0.2, 0) is 0 Å². The summed E-state index contributed by atoms with van der Waals surface area (Å²) >= 11 is 0. The Kier molecular flexibility index (Phi) is 81.9. The first-order chi connectivity index (χ1) is 2.00. The van der Waals surface area contributed by atoms with Crippen molar-refractivity contribution in [3.63, 3.8) is 0 Å². The largest absolute Gasteiger partial charge is 0.412 e. The number of rotatable bonds is 0. The van der Waals surface area contributed by atoms with Gasteiger partial charge < -0.3 is 27.4 Å². The summed E-state index contributed by atoms with van der Waals surface area (Å²) in [5, 5.41) is 0. The van der Waals surface area contributed by atoms with Gasteiger partial charge in [-0.2, -0.15) is 0 Å². The molecule has 10 heavy (non-hydrogen) atoms. The van der Waals surface area contributed by atoms with E-state index in [9.17, 15) is 0 Å². The van der Waals surface area contributed by atoms with Crippen LogP contribution in [0.2, 0.25) is 0 Å². The Morgan fingerprint density at radius 3 is 0.500 bits per heavy atom. The summed E-state index contributed by atoms with van der Waals surface area (Å²) in [5.74, 6) is 0. The minimum Gasteiger partial charge on any atom is -0.412 e. The van der Waals surface area contributed by atoms with Gasteiger partial charge in [0.25, 0.3) is 0 Å². The van der Waals surface area contributed by atoms with Crippen molar-refractivity contribution in [1.82, 2.24) is 0 Å². The highest BCUT2D eigenvalue weighted by Gasteiger charge is 1.84. The lowest BCUT2D eigenvalue weighted by Gasteiger charge is -2.17. The number of hydrogen-bond acceptors (Lipinski definition) is 4. The average molecular weight is 190 g/mol. The molecular weight excluding hydrogens is 179 g/mol. The summed E-state index contributed by atoms with van der Waals surface area (Å²) in [4.78, 5) is 0. The summed E-state index contributed by atoms with van der Waals surface area (Å²) in [7, 11) is -4.94. The quantitative estimate of drug-likeness (QED) is 0.359. The molecule has 10 heteroatoms. The van der Waals surface area contributed by atoms with Gasteiger partial charge in [-0.05, 0) is 0 Å². The SMILES string of the molecule is O.O.O.O.O.[O-][Cl+3]([O-])([O-])[O-]. The predicted molar refractivity (Wildman–Crippen MR) is 18.1 cm³/mol. The maximum Gasteiger partial charge on any atom is -0.112 e. The second kappa shape index (κ2) is 16.0. The third kappa shape index (κ3) is 77700. The first kappa shape index (κ1) is 51.3. The number of hydrogen-bond donors (Lipinski definition) is 0. The van der Waals surface area contributed by atoms with Crippen LogP contribution >= 0.6 is 0 Å². The van der Waals surface area contributed by atoms with Crippen LogP contribution in [0.25, 0.3) is 0 Å². The van der Waals surface area contributed by atoms with Gasteiger partial charge in [0.05, 0.1) is 0 Å². The van der Waals surface area contributed by atoms with E-state index in [2.05, 4.69) is 0 Å². The zero-order valence-corrected chi connectivity index (χ0v) is 5.27. The predicted octanol–water partition coefficient (Wildman–Crippen LogP) is -8.88. The molecule has 0 aliphatic rings. The first-order valence-corrected chi connectivity index (χ1v) is 1.85. The summed E-state index contributed by atoms with van der Waals surface area (Å²) in [6.07, 6.45) is 0. The van der Waals surface area contributed by atoms with E-state index in [4.69, 9.17) is 18.6 Å². The van der Waals surface area contributed by atoms with Crippen LogP contribution in [0.4, 0.5) is 0 Å². The lowest BCUT2D eigenvalue weighted by Crippen LogP contribution is -2.68. The highest BCUT2D eigenvalue weighted by Crippen LogP contribution is 1.49. The summed E-state index contributed by atoms with van der Waals surface area (Å²) in [6, 6.07) is 0. The van der Waals surface area contributed by atoms with E-state index in [0.717, 1.165) is 0 Å². The third-order valence-electron chi connectivity index (χ3n) is 0. The van der Waals surface area contributed by atoms with E-state index in [1.54, 1.807) is 0 Å². The van der Waals surface area contributed by atoms with Crippen molar-refractivity contribution in [1.29, 1.82) is 0 Å². The van der Waals surface area contributed by atoms with Crippen LogP contribution in [0.5, 0.6) is 0 Å². The van der Waals surface area contributed by atoms with Crippen LogP contribution in [0.15, 0.2) is 0 Å². The molecule has 0 fully saturated rings. The van der Waals surface area contributed by atoms with E-state index < -0.39 is 10.2 Å². The Labute approximate surface area is 57.4 Å². The van der Waals surface area contributed by atoms with E-state index in [-0.39, 0.29) is 27.4 Å². The highest BCUT2D eigenvalue weighted by atomic mass is 35.7. The van der Waals surface area contributed by atoms with Crippen LogP contribution in [0.1, 0.15) is 0 Å². The highest BCUT2D eigenvalue weighted by molar-refractivity contribution is 2.00. The van der Waals surface area contributed by atoms with Crippen molar-refractivity contribution in [2.45, 2.75) is 0 Å². The molecule has 0 aliphatic carbocycles. The molecular formula is H10ClO9-. The molecule has 0 unspecified atom stereocenters.